The van der Waals surface area contributed by atoms with Gasteiger partial charge in [0.15, 0.2) is 14.6 Å². The number of rotatable bonds is 6. The highest BCUT2D eigenvalue weighted by molar-refractivity contribution is 7.92. The fourth-order valence-corrected chi connectivity index (χ4v) is 5.45. The van der Waals surface area contributed by atoms with Crippen molar-refractivity contribution in [3.8, 4) is 0 Å². The Morgan fingerprint density at radius 1 is 1.16 bits per heavy atom. The molecule has 1 aliphatic heterocycles. The fourth-order valence-electron chi connectivity index (χ4n) is 3.28. The number of piperidine rings is 1. The number of carbonyl (C=O) groups is 3. The highest BCUT2D eigenvalue weighted by Gasteiger charge is 2.25. The highest BCUT2D eigenvalue weighted by Crippen LogP contribution is 2.19. The maximum Gasteiger partial charge on any atom is 0.325 e. The lowest BCUT2D eigenvalue weighted by Crippen LogP contribution is -2.40. The van der Waals surface area contributed by atoms with Crippen LogP contribution in [0.25, 0.3) is 10.2 Å². The zero-order chi connectivity index (χ0) is 22.6. The molecule has 0 saturated carbocycles. The Labute approximate surface area is 182 Å². The summed E-state index contributed by atoms with van der Waals surface area (Å²) in [5.74, 6) is -4.31. The van der Waals surface area contributed by atoms with Gasteiger partial charge in [0.05, 0.1) is 17.3 Å². The number of aromatic nitrogens is 1. The van der Waals surface area contributed by atoms with Gasteiger partial charge >= 0.3 is 5.97 Å². The van der Waals surface area contributed by atoms with Gasteiger partial charge in [-0.05, 0) is 37.5 Å². The Kier molecular flexibility index (Phi) is 7.21. The summed E-state index contributed by atoms with van der Waals surface area (Å²) in [6, 6.07) is 3.86. The number of hydrogen-bond acceptors (Lipinski definition) is 7. The number of thiazole rings is 1. The quantitative estimate of drug-likeness (QED) is 0.578. The predicted molar refractivity (Wildman–Crippen MR) is 111 cm³/mol. The van der Waals surface area contributed by atoms with Crippen molar-refractivity contribution >= 4 is 49.2 Å². The molecule has 2 amide bonds. The van der Waals surface area contributed by atoms with Crippen LogP contribution in [0.3, 0.4) is 0 Å². The number of methoxy groups -OCH3 is 1. The van der Waals surface area contributed by atoms with Crippen molar-refractivity contribution < 1.29 is 31.9 Å². The first kappa shape index (κ1) is 23.1. The Morgan fingerprint density at radius 3 is 2.55 bits per heavy atom. The summed E-state index contributed by atoms with van der Waals surface area (Å²) in [5, 5.41) is 0. The van der Waals surface area contributed by atoms with Crippen LogP contribution < -0.4 is 4.80 Å². The smallest absolute Gasteiger partial charge is 0.325 e. The molecule has 0 unspecified atom stereocenters. The molecular formula is C19H22FN3O6S2. The molecule has 9 nitrogen and oxygen atoms in total. The van der Waals surface area contributed by atoms with E-state index in [1.807, 2.05) is 0 Å². The summed E-state index contributed by atoms with van der Waals surface area (Å²) in [7, 11) is -2.82. The number of halogens is 1. The van der Waals surface area contributed by atoms with E-state index in [-0.39, 0.29) is 11.3 Å². The second-order valence-corrected chi connectivity index (χ2v) is 10.2. The first-order chi connectivity index (χ1) is 14.7. The number of benzene rings is 1. The maximum absolute atomic E-state index is 13.6. The topological polar surface area (TPSA) is 115 Å². The van der Waals surface area contributed by atoms with Crippen LogP contribution in [-0.2, 0) is 35.5 Å². The average Bonchev–Trinajstić information content (AvgIpc) is 3.03. The number of likely N-dealkylation sites (tertiary alicyclic amines) is 1. The normalized spacial score (nSPS) is 15.3. The summed E-state index contributed by atoms with van der Waals surface area (Å²) in [6.45, 7) is 0.742. The Balaban J connectivity index is 1.83. The third-order valence-corrected chi connectivity index (χ3v) is 7.19. The van der Waals surface area contributed by atoms with E-state index in [4.69, 9.17) is 0 Å². The molecule has 0 N–H and O–H groups in total. The van der Waals surface area contributed by atoms with Crippen LogP contribution in [0.1, 0.15) is 19.3 Å². The minimum Gasteiger partial charge on any atom is -0.468 e. The minimum atomic E-state index is -4.02. The van der Waals surface area contributed by atoms with Crippen LogP contribution in [0.2, 0.25) is 0 Å². The summed E-state index contributed by atoms with van der Waals surface area (Å²) in [5.41, 5.74) is 0.450. The summed E-state index contributed by atoms with van der Waals surface area (Å²) < 4.78 is 44.7. The number of hydrogen-bond donors (Lipinski definition) is 0. The SMILES string of the molecule is COC(=O)Cn1c(=NC(=O)CS(=O)(=O)CC(=O)N2CCCCC2)sc2cc(F)ccc21. The summed E-state index contributed by atoms with van der Waals surface area (Å²) in [6.07, 6.45) is 2.65. The second kappa shape index (κ2) is 9.69. The van der Waals surface area contributed by atoms with E-state index in [1.54, 1.807) is 0 Å². The largest absolute Gasteiger partial charge is 0.468 e. The Bertz CT molecular complexity index is 1180. The van der Waals surface area contributed by atoms with Crippen LogP contribution in [-0.4, -0.2) is 67.4 Å². The van der Waals surface area contributed by atoms with Crippen molar-refractivity contribution in [3.63, 3.8) is 0 Å². The molecule has 1 aromatic heterocycles. The number of esters is 1. The van der Waals surface area contributed by atoms with Gasteiger partial charge in [-0.25, -0.2) is 12.8 Å². The lowest BCUT2D eigenvalue weighted by atomic mass is 10.1. The van der Waals surface area contributed by atoms with Crippen LogP contribution in [0.5, 0.6) is 0 Å². The van der Waals surface area contributed by atoms with E-state index in [2.05, 4.69) is 9.73 Å². The molecule has 3 rings (SSSR count). The molecule has 0 radical (unpaired) electrons. The van der Waals surface area contributed by atoms with Gasteiger partial charge < -0.3 is 14.2 Å². The van der Waals surface area contributed by atoms with Gasteiger partial charge in [-0.2, -0.15) is 4.99 Å². The van der Waals surface area contributed by atoms with Crippen LogP contribution in [0, 0.1) is 5.82 Å². The second-order valence-electron chi connectivity index (χ2n) is 7.14. The molecule has 1 aliphatic rings. The van der Waals surface area contributed by atoms with Gasteiger partial charge in [-0.1, -0.05) is 11.3 Å². The lowest BCUT2D eigenvalue weighted by Gasteiger charge is -2.26. The number of nitrogens with zero attached hydrogens (tertiary/aromatic N) is 3. The van der Waals surface area contributed by atoms with E-state index < -0.39 is 44.9 Å². The third kappa shape index (κ3) is 5.97. The molecule has 31 heavy (non-hydrogen) atoms. The average molecular weight is 472 g/mol. The molecule has 0 bridgehead atoms. The molecule has 168 valence electrons. The van der Waals surface area contributed by atoms with Crippen LogP contribution >= 0.6 is 11.3 Å². The number of carbonyl (C=O) groups excluding carboxylic acids is 3. The number of sulfone groups is 1. The van der Waals surface area contributed by atoms with Gasteiger partial charge in [0.1, 0.15) is 23.9 Å². The summed E-state index contributed by atoms with van der Waals surface area (Å²) in [4.78, 5) is 41.7. The molecule has 0 aliphatic carbocycles. The van der Waals surface area contributed by atoms with Gasteiger partial charge in [0.25, 0.3) is 5.91 Å². The van der Waals surface area contributed by atoms with Crippen molar-refractivity contribution in [3.05, 3.63) is 28.8 Å². The first-order valence-corrected chi connectivity index (χ1v) is 12.2. The molecule has 0 spiro atoms. The third-order valence-electron chi connectivity index (χ3n) is 4.78. The number of fused-ring (bicyclic) bond motifs is 1. The van der Waals surface area contributed by atoms with Crippen molar-refractivity contribution in [1.82, 2.24) is 9.47 Å². The Hall–Kier alpha value is -2.60. The first-order valence-electron chi connectivity index (χ1n) is 9.60. The predicted octanol–water partition coefficient (Wildman–Crippen LogP) is 0.869. The lowest BCUT2D eigenvalue weighted by molar-refractivity contribution is -0.141. The van der Waals surface area contributed by atoms with Gasteiger partial charge in [-0.3, -0.25) is 14.4 Å². The van der Waals surface area contributed by atoms with Crippen molar-refractivity contribution in [2.24, 2.45) is 4.99 Å². The zero-order valence-electron chi connectivity index (χ0n) is 16.9. The van der Waals surface area contributed by atoms with E-state index >= 15 is 0 Å². The molecular weight excluding hydrogens is 449 g/mol. The van der Waals surface area contributed by atoms with E-state index in [0.29, 0.717) is 23.3 Å². The molecule has 12 heteroatoms. The summed E-state index contributed by atoms with van der Waals surface area (Å²) >= 11 is 0.939. The standard InChI is InChI=1S/C19H22FN3O6S2/c1-29-18(26)10-23-14-6-5-13(20)9-15(14)30-19(23)21-16(24)11-31(27,28)12-17(25)22-7-3-2-4-8-22/h5-6,9H,2-4,7-8,10-12H2,1H3. The zero-order valence-corrected chi connectivity index (χ0v) is 18.5. The molecule has 1 aromatic carbocycles. The molecule has 1 saturated heterocycles. The minimum absolute atomic E-state index is 0.0357. The van der Waals surface area contributed by atoms with E-state index in [0.717, 1.165) is 30.6 Å². The molecule has 0 atom stereocenters. The van der Waals surface area contributed by atoms with Gasteiger partial charge in [0, 0.05) is 13.1 Å². The number of ether oxygens (including phenoxy) is 1. The number of amides is 2. The van der Waals surface area contributed by atoms with E-state index in [1.165, 1.54) is 34.8 Å². The highest BCUT2D eigenvalue weighted by atomic mass is 32.2. The maximum atomic E-state index is 13.6. The van der Waals surface area contributed by atoms with Crippen LogP contribution in [0.4, 0.5) is 4.39 Å². The van der Waals surface area contributed by atoms with Crippen LogP contribution in [0.15, 0.2) is 23.2 Å². The fraction of sp³-hybridized carbons (Fsp3) is 0.474. The molecule has 1 fully saturated rings. The van der Waals surface area contributed by atoms with Crippen molar-refractivity contribution in [2.45, 2.75) is 25.8 Å². The molecule has 2 aromatic rings. The van der Waals surface area contributed by atoms with E-state index in [9.17, 15) is 27.2 Å². The van der Waals surface area contributed by atoms with Gasteiger partial charge in [0.2, 0.25) is 5.91 Å². The van der Waals surface area contributed by atoms with Crippen molar-refractivity contribution in [2.75, 3.05) is 31.7 Å². The van der Waals surface area contributed by atoms with Crippen molar-refractivity contribution in [1.29, 1.82) is 0 Å². The van der Waals surface area contributed by atoms with Gasteiger partial charge in [-0.15, -0.1) is 0 Å². The Morgan fingerprint density at radius 2 is 1.87 bits per heavy atom. The monoisotopic (exact) mass is 471 g/mol. The molecule has 2 heterocycles.